The van der Waals surface area contributed by atoms with Crippen molar-refractivity contribution in [2.45, 2.75) is 12.8 Å². The standard InChI is InChI=1S/C13H16NO2.ClH/c1-16-13(15)12(14-9-5-6-10-14)11-7-3-2-4-8-11;/h2-4,7-8H,5-6,9-10H2,1H3;1H/q+1;/p-1. The van der Waals surface area contributed by atoms with Crippen LogP contribution in [0.2, 0.25) is 0 Å². The van der Waals surface area contributed by atoms with E-state index in [2.05, 4.69) is 4.58 Å². The van der Waals surface area contributed by atoms with Crippen LogP contribution in [0.3, 0.4) is 0 Å². The van der Waals surface area contributed by atoms with Crippen molar-refractivity contribution in [2.75, 3.05) is 20.2 Å². The topological polar surface area (TPSA) is 29.3 Å². The molecule has 1 heterocycles. The van der Waals surface area contributed by atoms with Gasteiger partial charge in [0.25, 0.3) is 5.71 Å². The zero-order valence-electron chi connectivity index (χ0n) is 9.86. The van der Waals surface area contributed by atoms with Gasteiger partial charge in [-0.25, -0.2) is 9.37 Å². The Morgan fingerprint density at radius 2 is 1.76 bits per heavy atom. The zero-order chi connectivity index (χ0) is 11.4. The van der Waals surface area contributed by atoms with Gasteiger partial charge in [0.1, 0.15) is 13.1 Å². The normalized spacial score (nSPS) is 14.1. The van der Waals surface area contributed by atoms with E-state index in [4.69, 9.17) is 4.74 Å². The van der Waals surface area contributed by atoms with Gasteiger partial charge in [-0.3, -0.25) is 0 Å². The smallest absolute Gasteiger partial charge is 0.403 e. The maximum Gasteiger partial charge on any atom is 0.403 e. The first-order chi connectivity index (χ1) is 7.83. The maximum atomic E-state index is 11.8. The van der Waals surface area contributed by atoms with Crippen molar-refractivity contribution >= 4 is 11.7 Å². The maximum absolute atomic E-state index is 11.8. The van der Waals surface area contributed by atoms with Crippen LogP contribution in [0, 0.1) is 0 Å². The van der Waals surface area contributed by atoms with Crippen molar-refractivity contribution in [2.24, 2.45) is 0 Å². The molecule has 1 aromatic rings. The quantitative estimate of drug-likeness (QED) is 0.472. The molecule has 0 saturated carbocycles. The summed E-state index contributed by atoms with van der Waals surface area (Å²) < 4.78 is 6.97. The molecule has 1 fully saturated rings. The molecule has 4 heteroatoms. The Morgan fingerprint density at radius 1 is 1.18 bits per heavy atom. The summed E-state index contributed by atoms with van der Waals surface area (Å²) in [5.41, 5.74) is 1.64. The molecular weight excluding hydrogens is 238 g/mol. The minimum Gasteiger partial charge on any atom is -1.00 e. The van der Waals surface area contributed by atoms with Gasteiger partial charge >= 0.3 is 5.97 Å². The number of carbonyl (C=O) groups is 1. The molecule has 0 aliphatic carbocycles. The SMILES string of the molecule is COC(=O)C(c1ccccc1)=[N+]1CCCC1.[Cl-]. The summed E-state index contributed by atoms with van der Waals surface area (Å²) in [5, 5.41) is 0. The zero-order valence-corrected chi connectivity index (χ0v) is 10.6. The Kier molecular flexibility index (Phi) is 5.16. The van der Waals surface area contributed by atoms with Crippen LogP contribution in [0.5, 0.6) is 0 Å². The number of hydrogen-bond acceptors (Lipinski definition) is 2. The van der Waals surface area contributed by atoms with E-state index in [0.29, 0.717) is 5.71 Å². The number of carbonyl (C=O) groups excluding carboxylic acids is 1. The highest BCUT2D eigenvalue weighted by Crippen LogP contribution is 2.08. The Balaban J connectivity index is 0.00000144. The summed E-state index contributed by atoms with van der Waals surface area (Å²) in [6, 6.07) is 9.72. The van der Waals surface area contributed by atoms with Gasteiger partial charge in [0.05, 0.1) is 12.7 Å². The van der Waals surface area contributed by atoms with Crippen LogP contribution in [0.4, 0.5) is 0 Å². The number of rotatable bonds is 2. The van der Waals surface area contributed by atoms with E-state index in [9.17, 15) is 4.79 Å². The molecule has 0 bridgehead atoms. The van der Waals surface area contributed by atoms with Crippen LogP contribution in [0.25, 0.3) is 0 Å². The average molecular weight is 254 g/mol. The predicted octanol–water partition coefficient (Wildman–Crippen LogP) is -1.54. The van der Waals surface area contributed by atoms with Crippen molar-refractivity contribution in [1.82, 2.24) is 0 Å². The first-order valence-electron chi connectivity index (χ1n) is 5.58. The van der Waals surface area contributed by atoms with Crippen LogP contribution in [-0.4, -0.2) is 36.5 Å². The van der Waals surface area contributed by atoms with E-state index in [1.807, 2.05) is 30.3 Å². The minimum absolute atomic E-state index is 0. The van der Waals surface area contributed by atoms with Crippen molar-refractivity contribution in [3.05, 3.63) is 35.9 Å². The largest absolute Gasteiger partial charge is 1.00 e. The number of halogens is 1. The second-order valence-electron chi connectivity index (χ2n) is 3.90. The fraction of sp³-hybridized carbons (Fsp3) is 0.385. The first kappa shape index (κ1) is 13.7. The molecule has 0 atom stereocenters. The van der Waals surface area contributed by atoms with E-state index in [1.165, 1.54) is 7.11 Å². The summed E-state index contributed by atoms with van der Waals surface area (Å²) in [6.07, 6.45) is 2.29. The summed E-state index contributed by atoms with van der Waals surface area (Å²) in [4.78, 5) is 11.8. The predicted molar refractivity (Wildman–Crippen MR) is 61.8 cm³/mol. The lowest BCUT2D eigenvalue weighted by molar-refractivity contribution is -0.505. The molecule has 1 aliphatic heterocycles. The molecule has 1 aliphatic rings. The fourth-order valence-corrected chi connectivity index (χ4v) is 2.06. The van der Waals surface area contributed by atoms with Crippen LogP contribution < -0.4 is 12.4 Å². The summed E-state index contributed by atoms with van der Waals surface area (Å²) in [6.45, 7) is 1.89. The van der Waals surface area contributed by atoms with Gasteiger partial charge in [-0.2, -0.15) is 0 Å². The Morgan fingerprint density at radius 3 is 2.29 bits per heavy atom. The Bertz CT molecular complexity index is 407. The van der Waals surface area contributed by atoms with Crippen molar-refractivity contribution in [3.8, 4) is 0 Å². The van der Waals surface area contributed by atoms with Gasteiger partial charge in [0.15, 0.2) is 0 Å². The highest BCUT2D eigenvalue weighted by molar-refractivity contribution is 6.41. The number of benzene rings is 1. The van der Waals surface area contributed by atoms with Gasteiger partial charge in [-0.15, -0.1) is 0 Å². The molecule has 1 saturated heterocycles. The van der Waals surface area contributed by atoms with Gasteiger partial charge < -0.3 is 17.1 Å². The monoisotopic (exact) mass is 253 g/mol. The van der Waals surface area contributed by atoms with E-state index in [-0.39, 0.29) is 18.4 Å². The molecule has 0 unspecified atom stereocenters. The molecule has 1 aromatic carbocycles. The third kappa shape index (κ3) is 3.07. The summed E-state index contributed by atoms with van der Waals surface area (Å²) in [5.74, 6) is -0.242. The molecule has 3 nitrogen and oxygen atoms in total. The Labute approximate surface area is 108 Å². The van der Waals surface area contributed by atoms with Crippen molar-refractivity contribution in [1.29, 1.82) is 0 Å². The minimum atomic E-state index is -0.242. The van der Waals surface area contributed by atoms with Crippen LogP contribution in [0.1, 0.15) is 18.4 Å². The second-order valence-corrected chi connectivity index (χ2v) is 3.90. The number of esters is 1. The van der Waals surface area contributed by atoms with E-state index >= 15 is 0 Å². The number of nitrogens with zero attached hydrogens (tertiary/aromatic N) is 1. The lowest BCUT2D eigenvalue weighted by atomic mass is 10.1. The molecular formula is C13H16ClNO2. The number of ether oxygens (including phenoxy) is 1. The van der Waals surface area contributed by atoms with E-state index in [1.54, 1.807) is 0 Å². The highest BCUT2D eigenvalue weighted by Gasteiger charge is 2.28. The fourth-order valence-electron chi connectivity index (χ4n) is 2.06. The molecule has 17 heavy (non-hydrogen) atoms. The summed E-state index contributed by atoms with van der Waals surface area (Å²) >= 11 is 0. The van der Waals surface area contributed by atoms with Crippen molar-refractivity contribution in [3.63, 3.8) is 0 Å². The van der Waals surface area contributed by atoms with E-state index in [0.717, 1.165) is 31.5 Å². The molecule has 0 aromatic heterocycles. The number of methoxy groups -OCH3 is 1. The van der Waals surface area contributed by atoms with Crippen molar-refractivity contribution < 1.29 is 26.5 Å². The third-order valence-electron chi connectivity index (χ3n) is 2.85. The second kappa shape index (κ2) is 6.40. The number of hydrogen-bond donors (Lipinski definition) is 0. The van der Waals surface area contributed by atoms with Gasteiger partial charge in [-0.05, 0) is 12.1 Å². The lowest BCUT2D eigenvalue weighted by Gasteiger charge is -2.03. The third-order valence-corrected chi connectivity index (χ3v) is 2.85. The molecule has 0 amide bonds. The van der Waals surface area contributed by atoms with Gasteiger partial charge in [0.2, 0.25) is 0 Å². The van der Waals surface area contributed by atoms with Gasteiger partial charge in [0, 0.05) is 12.8 Å². The highest BCUT2D eigenvalue weighted by atomic mass is 35.5. The summed E-state index contributed by atoms with van der Waals surface area (Å²) in [7, 11) is 1.43. The first-order valence-corrected chi connectivity index (χ1v) is 5.58. The van der Waals surface area contributed by atoms with Gasteiger partial charge in [-0.1, -0.05) is 18.2 Å². The van der Waals surface area contributed by atoms with E-state index < -0.39 is 0 Å². The molecule has 0 radical (unpaired) electrons. The van der Waals surface area contributed by atoms with Crippen LogP contribution in [0.15, 0.2) is 30.3 Å². The lowest BCUT2D eigenvalue weighted by Crippen LogP contribution is -3.00. The van der Waals surface area contributed by atoms with Crippen LogP contribution in [-0.2, 0) is 9.53 Å². The molecule has 2 rings (SSSR count). The average Bonchev–Trinajstić information content (AvgIpc) is 2.84. The molecule has 92 valence electrons. The Hall–Kier alpha value is -1.35. The molecule has 0 N–H and O–H groups in total. The van der Waals surface area contributed by atoms with Crippen LogP contribution >= 0.6 is 0 Å². The molecule has 0 spiro atoms.